The molecule has 1 amide bonds. The molecule has 0 aromatic carbocycles. The van der Waals surface area contributed by atoms with Crippen LogP contribution in [0.15, 0.2) is 18.3 Å². The molecule has 0 bridgehead atoms. The number of likely N-dealkylation sites (tertiary alicyclic amines) is 1. The Kier molecular flexibility index (Phi) is 4.77. The van der Waals surface area contributed by atoms with Gasteiger partial charge in [-0.15, -0.1) is 0 Å². The van der Waals surface area contributed by atoms with Gasteiger partial charge in [-0.2, -0.15) is 0 Å². The van der Waals surface area contributed by atoms with E-state index in [0.29, 0.717) is 0 Å². The number of carbonyl (C=O) groups is 1. The minimum Gasteiger partial charge on any atom is -0.370 e. The van der Waals surface area contributed by atoms with Crippen molar-refractivity contribution in [1.82, 2.24) is 9.88 Å². The van der Waals surface area contributed by atoms with Crippen LogP contribution in [0.2, 0.25) is 0 Å². The smallest absolute Gasteiger partial charge is 0.219 e. The average Bonchev–Trinajstić information content (AvgIpc) is 2.89. The van der Waals surface area contributed by atoms with Crippen molar-refractivity contribution in [1.29, 1.82) is 0 Å². The van der Waals surface area contributed by atoms with E-state index < -0.39 is 0 Å². The Balaban J connectivity index is 2.16. The maximum Gasteiger partial charge on any atom is 0.219 e. The molecule has 4 heteroatoms. The molecule has 2 heterocycles. The van der Waals surface area contributed by atoms with Crippen LogP contribution < -0.4 is 5.32 Å². The second kappa shape index (κ2) is 6.55. The Labute approximate surface area is 115 Å². The number of aromatic nitrogens is 1. The minimum atomic E-state index is 0.158. The minimum absolute atomic E-state index is 0.158. The van der Waals surface area contributed by atoms with Gasteiger partial charge in [-0.05, 0) is 25.3 Å². The van der Waals surface area contributed by atoms with Gasteiger partial charge in [0.25, 0.3) is 0 Å². The summed E-state index contributed by atoms with van der Waals surface area (Å²) in [4.78, 5) is 18.1. The molecule has 1 aromatic rings. The number of unbranched alkanes of at least 4 members (excludes halogenated alkanes) is 1. The number of hydrogen-bond acceptors (Lipinski definition) is 3. The highest BCUT2D eigenvalue weighted by atomic mass is 16.2. The highest BCUT2D eigenvalue weighted by Crippen LogP contribution is 2.34. The van der Waals surface area contributed by atoms with Gasteiger partial charge in [0, 0.05) is 31.8 Å². The van der Waals surface area contributed by atoms with Gasteiger partial charge in [0.15, 0.2) is 0 Å². The third kappa shape index (κ3) is 3.25. The van der Waals surface area contributed by atoms with Crippen molar-refractivity contribution in [2.45, 2.75) is 45.6 Å². The molecule has 0 radical (unpaired) electrons. The molecule has 0 saturated carbocycles. The molecule has 104 valence electrons. The molecule has 0 aliphatic carbocycles. The molecule has 1 aliphatic heterocycles. The third-order valence-corrected chi connectivity index (χ3v) is 3.68. The van der Waals surface area contributed by atoms with Crippen LogP contribution in [0.3, 0.4) is 0 Å². The van der Waals surface area contributed by atoms with E-state index in [1.807, 2.05) is 17.2 Å². The number of anilines is 1. The van der Waals surface area contributed by atoms with Gasteiger partial charge in [-0.3, -0.25) is 4.79 Å². The van der Waals surface area contributed by atoms with Crippen LogP contribution in [-0.4, -0.2) is 28.9 Å². The second-order valence-corrected chi connectivity index (χ2v) is 5.09. The number of amides is 1. The average molecular weight is 261 g/mol. The lowest BCUT2D eigenvalue weighted by molar-refractivity contribution is -0.129. The first kappa shape index (κ1) is 13.8. The number of hydrogen-bond donors (Lipinski definition) is 1. The van der Waals surface area contributed by atoms with Crippen LogP contribution in [0, 0.1) is 0 Å². The zero-order chi connectivity index (χ0) is 13.7. The molecule has 4 nitrogen and oxygen atoms in total. The fraction of sp³-hybridized carbons (Fsp3) is 0.600. The van der Waals surface area contributed by atoms with Crippen LogP contribution >= 0.6 is 0 Å². The molecule has 0 spiro atoms. The van der Waals surface area contributed by atoms with E-state index in [4.69, 9.17) is 0 Å². The third-order valence-electron chi connectivity index (χ3n) is 3.68. The van der Waals surface area contributed by atoms with Crippen LogP contribution in [0.25, 0.3) is 0 Å². The van der Waals surface area contributed by atoms with Crippen LogP contribution in [0.1, 0.15) is 51.1 Å². The molecule has 1 atom stereocenters. The van der Waals surface area contributed by atoms with E-state index in [1.54, 1.807) is 6.92 Å². The van der Waals surface area contributed by atoms with Crippen molar-refractivity contribution >= 4 is 11.7 Å². The largest absolute Gasteiger partial charge is 0.370 e. The summed E-state index contributed by atoms with van der Waals surface area (Å²) in [5.41, 5.74) is 1.16. The van der Waals surface area contributed by atoms with Crippen LogP contribution in [0.5, 0.6) is 0 Å². The second-order valence-electron chi connectivity index (χ2n) is 5.09. The summed E-state index contributed by atoms with van der Waals surface area (Å²) in [5, 5.41) is 3.40. The van der Waals surface area contributed by atoms with Gasteiger partial charge in [0.1, 0.15) is 5.82 Å². The lowest BCUT2D eigenvalue weighted by atomic mass is 10.1. The maximum absolute atomic E-state index is 11.7. The van der Waals surface area contributed by atoms with Gasteiger partial charge >= 0.3 is 0 Å². The zero-order valence-corrected chi connectivity index (χ0v) is 11.9. The molecule has 1 N–H and O–H groups in total. The number of rotatable bonds is 5. The number of nitrogens with zero attached hydrogens (tertiary/aromatic N) is 2. The van der Waals surface area contributed by atoms with Crippen molar-refractivity contribution in [3.05, 3.63) is 23.9 Å². The van der Waals surface area contributed by atoms with Gasteiger partial charge in [0.05, 0.1) is 6.04 Å². The normalized spacial score (nSPS) is 18.6. The van der Waals surface area contributed by atoms with Crippen molar-refractivity contribution < 1.29 is 4.79 Å². The summed E-state index contributed by atoms with van der Waals surface area (Å²) in [6.07, 6.45) is 6.22. The Hall–Kier alpha value is -1.58. The van der Waals surface area contributed by atoms with Gasteiger partial charge < -0.3 is 10.2 Å². The van der Waals surface area contributed by atoms with Crippen LogP contribution in [0.4, 0.5) is 5.82 Å². The van der Waals surface area contributed by atoms with E-state index >= 15 is 0 Å². The summed E-state index contributed by atoms with van der Waals surface area (Å²) in [5.74, 6) is 1.10. The Morgan fingerprint density at radius 2 is 2.42 bits per heavy atom. The fourth-order valence-electron chi connectivity index (χ4n) is 2.68. The monoisotopic (exact) mass is 261 g/mol. The Bertz CT molecular complexity index is 433. The van der Waals surface area contributed by atoms with Crippen molar-refractivity contribution in [3.63, 3.8) is 0 Å². The maximum atomic E-state index is 11.7. The summed E-state index contributed by atoms with van der Waals surface area (Å²) >= 11 is 0. The number of carbonyl (C=O) groups excluding carboxylic acids is 1. The van der Waals surface area contributed by atoms with Gasteiger partial charge in [-0.25, -0.2) is 4.98 Å². The Morgan fingerprint density at radius 3 is 3.16 bits per heavy atom. The molecule has 1 saturated heterocycles. The van der Waals surface area contributed by atoms with Gasteiger partial charge in [-0.1, -0.05) is 19.4 Å². The predicted molar refractivity (Wildman–Crippen MR) is 77.0 cm³/mol. The molecule has 19 heavy (non-hydrogen) atoms. The first-order chi connectivity index (χ1) is 9.24. The predicted octanol–water partition coefficient (Wildman–Crippen LogP) is 2.98. The molecule has 1 aliphatic rings. The first-order valence-corrected chi connectivity index (χ1v) is 7.20. The molecular weight excluding hydrogens is 238 g/mol. The summed E-state index contributed by atoms with van der Waals surface area (Å²) < 4.78 is 0. The Morgan fingerprint density at radius 1 is 1.58 bits per heavy atom. The summed E-state index contributed by atoms with van der Waals surface area (Å²) in [6.45, 7) is 5.63. The molecule has 2 rings (SSSR count). The topological polar surface area (TPSA) is 45.2 Å². The highest BCUT2D eigenvalue weighted by molar-refractivity contribution is 5.74. The number of pyridine rings is 1. The van der Waals surface area contributed by atoms with Crippen molar-refractivity contribution in [3.8, 4) is 0 Å². The van der Waals surface area contributed by atoms with E-state index in [9.17, 15) is 4.79 Å². The highest BCUT2D eigenvalue weighted by Gasteiger charge is 2.29. The summed E-state index contributed by atoms with van der Waals surface area (Å²) in [7, 11) is 0. The van der Waals surface area contributed by atoms with Gasteiger partial charge in [0.2, 0.25) is 5.91 Å². The fourth-order valence-corrected chi connectivity index (χ4v) is 2.68. The summed E-state index contributed by atoms with van der Waals surface area (Å²) in [6, 6.07) is 4.24. The van der Waals surface area contributed by atoms with E-state index in [0.717, 1.165) is 50.2 Å². The van der Waals surface area contributed by atoms with Crippen molar-refractivity contribution in [2.75, 3.05) is 18.4 Å². The number of nitrogens with one attached hydrogen (secondary N) is 1. The first-order valence-electron chi connectivity index (χ1n) is 7.20. The molecule has 1 aromatic heterocycles. The lowest BCUT2D eigenvalue weighted by Gasteiger charge is -2.25. The molecule has 1 fully saturated rings. The zero-order valence-electron chi connectivity index (χ0n) is 11.9. The van der Waals surface area contributed by atoms with E-state index in [1.165, 1.54) is 0 Å². The van der Waals surface area contributed by atoms with Crippen LogP contribution in [-0.2, 0) is 4.79 Å². The van der Waals surface area contributed by atoms with Crippen molar-refractivity contribution in [2.24, 2.45) is 0 Å². The molecular formula is C15H23N3O. The lowest BCUT2D eigenvalue weighted by Crippen LogP contribution is -2.28. The molecule has 0 unspecified atom stereocenters. The quantitative estimate of drug-likeness (QED) is 0.829. The van der Waals surface area contributed by atoms with E-state index in [2.05, 4.69) is 23.3 Å². The SMILES string of the molecule is CCCCNc1ncccc1[C@H]1CCCN1C(C)=O. The standard InChI is InChI=1S/C15H23N3O/c1-3-4-9-16-15-13(7-5-10-17-15)14-8-6-11-18(14)12(2)19/h5,7,10,14H,3-4,6,8-9,11H2,1-2H3,(H,16,17)/t14-/m1/s1. The van der Waals surface area contributed by atoms with E-state index in [-0.39, 0.29) is 11.9 Å².